The Bertz CT molecular complexity index is 831. The number of aliphatic carboxylic acids is 1. The van der Waals surface area contributed by atoms with Crippen molar-refractivity contribution in [3.63, 3.8) is 0 Å². The molecule has 0 saturated heterocycles. The number of aryl methyl sites for hydroxylation is 2. The van der Waals surface area contributed by atoms with Gasteiger partial charge >= 0.3 is 5.97 Å². The van der Waals surface area contributed by atoms with Gasteiger partial charge in [0.05, 0.1) is 6.42 Å². The van der Waals surface area contributed by atoms with Gasteiger partial charge in [-0.1, -0.05) is 12.1 Å². The average Bonchev–Trinajstić information content (AvgIpc) is 2.62. The first-order chi connectivity index (χ1) is 12.8. The van der Waals surface area contributed by atoms with Gasteiger partial charge in [0.1, 0.15) is 5.75 Å². The molecule has 7 nitrogen and oxygen atoms in total. The summed E-state index contributed by atoms with van der Waals surface area (Å²) >= 11 is 0. The monoisotopic (exact) mass is 370 g/mol. The van der Waals surface area contributed by atoms with Crippen LogP contribution >= 0.6 is 0 Å². The molecule has 7 heteroatoms. The third-order valence-corrected chi connectivity index (χ3v) is 3.76. The van der Waals surface area contributed by atoms with Gasteiger partial charge in [-0.3, -0.25) is 14.4 Å². The normalized spacial score (nSPS) is 10.1. The Labute approximate surface area is 157 Å². The Hall–Kier alpha value is -3.35. The van der Waals surface area contributed by atoms with Gasteiger partial charge in [0, 0.05) is 17.8 Å². The molecule has 0 atom stereocenters. The molecule has 0 unspecified atom stereocenters. The van der Waals surface area contributed by atoms with Crippen molar-refractivity contribution in [2.45, 2.75) is 20.3 Å². The zero-order chi connectivity index (χ0) is 19.8. The summed E-state index contributed by atoms with van der Waals surface area (Å²) in [7, 11) is 0. The van der Waals surface area contributed by atoms with E-state index in [0.29, 0.717) is 17.0 Å². The number of carboxylic acids is 1. The number of carbonyl (C=O) groups is 3. The van der Waals surface area contributed by atoms with Crippen LogP contribution in [0, 0.1) is 13.8 Å². The SMILES string of the molecule is Cc1ccc(C)c(OCC(=O)Nc2ccc(C(=O)NCCC(=O)O)cc2)c1. The maximum absolute atomic E-state index is 12.0. The molecule has 2 aromatic carbocycles. The van der Waals surface area contributed by atoms with Crippen molar-refractivity contribution >= 4 is 23.5 Å². The highest BCUT2D eigenvalue weighted by molar-refractivity contribution is 5.96. The second-order valence-electron chi connectivity index (χ2n) is 6.08. The second-order valence-corrected chi connectivity index (χ2v) is 6.08. The van der Waals surface area contributed by atoms with Gasteiger partial charge in [0.15, 0.2) is 6.61 Å². The highest BCUT2D eigenvalue weighted by Crippen LogP contribution is 2.19. The highest BCUT2D eigenvalue weighted by Gasteiger charge is 2.08. The first-order valence-corrected chi connectivity index (χ1v) is 8.45. The van der Waals surface area contributed by atoms with Gasteiger partial charge in [-0.2, -0.15) is 0 Å². The van der Waals surface area contributed by atoms with Gasteiger partial charge in [0.25, 0.3) is 11.8 Å². The maximum Gasteiger partial charge on any atom is 0.305 e. The molecule has 0 heterocycles. The molecule has 3 N–H and O–H groups in total. The number of hydrogen-bond acceptors (Lipinski definition) is 4. The lowest BCUT2D eigenvalue weighted by Gasteiger charge is -2.11. The Balaban J connectivity index is 1.84. The Morgan fingerprint density at radius 1 is 1.04 bits per heavy atom. The van der Waals surface area contributed by atoms with E-state index >= 15 is 0 Å². The molecule has 0 saturated carbocycles. The molecular formula is C20H22N2O5. The zero-order valence-corrected chi connectivity index (χ0v) is 15.2. The number of anilines is 1. The minimum absolute atomic E-state index is 0.0579. The molecule has 0 aliphatic heterocycles. The predicted octanol–water partition coefficient (Wildman–Crippen LogP) is 2.53. The molecule has 142 valence electrons. The van der Waals surface area contributed by atoms with Gasteiger partial charge in [-0.05, 0) is 55.3 Å². The van der Waals surface area contributed by atoms with Crippen LogP contribution in [0.1, 0.15) is 27.9 Å². The van der Waals surface area contributed by atoms with E-state index in [0.717, 1.165) is 11.1 Å². The van der Waals surface area contributed by atoms with Crippen LogP contribution in [0.15, 0.2) is 42.5 Å². The molecular weight excluding hydrogens is 348 g/mol. The van der Waals surface area contributed by atoms with Gasteiger partial charge in [-0.25, -0.2) is 0 Å². The summed E-state index contributed by atoms with van der Waals surface area (Å²) in [6, 6.07) is 12.1. The Kier molecular flexibility index (Phi) is 6.93. The van der Waals surface area contributed by atoms with Crippen molar-refractivity contribution in [3.05, 3.63) is 59.2 Å². The van der Waals surface area contributed by atoms with Crippen molar-refractivity contribution in [2.75, 3.05) is 18.5 Å². The molecule has 0 aromatic heterocycles. The fraction of sp³-hybridized carbons (Fsp3) is 0.250. The van der Waals surface area contributed by atoms with Crippen molar-refractivity contribution in [1.82, 2.24) is 5.32 Å². The summed E-state index contributed by atoms with van der Waals surface area (Å²) in [5.74, 6) is -0.989. The summed E-state index contributed by atoms with van der Waals surface area (Å²) in [5, 5.41) is 13.8. The standard InChI is InChI=1S/C20H22N2O5/c1-13-3-4-14(2)17(11-13)27-12-18(23)22-16-7-5-15(6-8-16)20(26)21-10-9-19(24)25/h3-8,11H,9-10,12H2,1-2H3,(H,21,26)(H,22,23)(H,24,25). The highest BCUT2D eigenvalue weighted by atomic mass is 16.5. The smallest absolute Gasteiger partial charge is 0.305 e. The van der Waals surface area contributed by atoms with E-state index in [-0.39, 0.29) is 31.4 Å². The topological polar surface area (TPSA) is 105 Å². The lowest BCUT2D eigenvalue weighted by molar-refractivity contribution is -0.136. The molecule has 0 fully saturated rings. The van der Waals surface area contributed by atoms with Crippen LogP contribution in [-0.2, 0) is 9.59 Å². The number of ether oxygens (including phenoxy) is 1. The van der Waals surface area contributed by atoms with Crippen molar-refractivity contribution in [3.8, 4) is 5.75 Å². The van der Waals surface area contributed by atoms with Crippen LogP contribution in [0.3, 0.4) is 0 Å². The minimum atomic E-state index is -0.976. The number of amides is 2. The first-order valence-electron chi connectivity index (χ1n) is 8.45. The predicted molar refractivity (Wildman–Crippen MR) is 101 cm³/mol. The molecule has 0 radical (unpaired) electrons. The molecule has 27 heavy (non-hydrogen) atoms. The number of rotatable bonds is 8. The molecule has 0 bridgehead atoms. The van der Waals surface area contributed by atoms with E-state index in [1.54, 1.807) is 24.3 Å². The van der Waals surface area contributed by atoms with Crippen LogP contribution in [0.2, 0.25) is 0 Å². The largest absolute Gasteiger partial charge is 0.483 e. The third-order valence-electron chi connectivity index (χ3n) is 3.76. The molecule has 2 amide bonds. The average molecular weight is 370 g/mol. The van der Waals surface area contributed by atoms with Crippen LogP contribution in [-0.4, -0.2) is 36.0 Å². The molecule has 0 aliphatic rings. The Morgan fingerprint density at radius 2 is 1.74 bits per heavy atom. The van der Waals surface area contributed by atoms with E-state index in [4.69, 9.17) is 9.84 Å². The quantitative estimate of drug-likeness (QED) is 0.662. The van der Waals surface area contributed by atoms with Crippen LogP contribution in [0.5, 0.6) is 5.75 Å². The molecule has 2 rings (SSSR count). The molecule has 0 spiro atoms. The van der Waals surface area contributed by atoms with E-state index in [2.05, 4.69) is 10.6 Å². The summed E-state index contributed by atoms with van der Waals surface area (Å²) < 4.78 is 5.55. The number of benzene rings is 2. The summed E-state index contributed by atoms with van der Waals surface area (Å²) in [6.45, 7) is 3.79. The number of carboxylic acid groups (broad SMARTS) is 1. The summed E-state index contributed by atoms with van der Waals surface area (Å²) in [4.78, 5) is 34.3. The van der Waals surface area contributed by atoms with Crippen molar-refractivity contribution < 1.29 is 24.2 Å². The summed E-state index contributed by atoms with van der Waals surface area (Å²) in [5.41, 5.74) is 2.91. The molecule has 0 aliphatic carbocycles. The fourth-order valence-corrected chi connectivity index (χ4v) is 2.29. The van der Waals surface area contributed by atoms with Crippen LogP contribution < -0.4 is 15.4 Å². The summed E-state index contributed by atoms with van der Waals surface area (Å²) in [6.07, 6.45) is -0.139. The van der Waals surface area contributed by atoms with E-state index in [1.165, 1.54) is 0 Å². The Morgan fingerprint density at radius 3 is 2.41 bits per heavy atom. The fourth-order valence-electron chi connectivity index (χ4n) is 2.29. The van der Waals surface area contributed by atoms with Crippen LogP contribution in [0.4, 0.5) is 5.69 Å². The lowest BCUT2D eigenvalue weighted by Crippen LogP contribution is -2.26. The minimum Gasteiger partial charge on any atom is -0.483 e. The van der Waals surface area contributed by atoms with Crippen molar-refractivity contribution in [1.29, 1.82) is 0 Å². The van der Waals surface area contributed by atoms with Crippen molar-refractivity contribution in [2.24, 2.45) is 0 Å². The second kappa shape index (κ2) is 9.38. The van der Waals surface area contributed by atoms with Gasteiger partial charge < -0.3 is 20.5 Å². The molecule has 2 aromatic rings. The lowest BCUT2D eigenvalue weighted by atomic mass is 10.1. The number of hydrogen-bond donors (Lipinski definition) is 3. The van der Waals surface area contributed by atoms with Gasteiger partial charge in [0.2, 0.25) is 0 Å². The number of carbonyl (C=O) groups excluding carboxylic acids is 2. The third kappa shape index (κ3) is 6.47. The van der Waals surface area contributed by atoms with E-state index < -0.39 is 5.97 Å². The van der Waals surface area contributed by atoms with E-state index in [1.807, 2.05) is 32.0 Å². The maximum atomic E-state index is 12.0. The first kappa shape index (κ1) is 20.0. The van der Waals surface area contributed by atoms with Crippen LogP contribution in [0.25, 0.3) is 0 Å². The zero-order valence-electron chi connectivity index (χ0n) is 15.2. The van der Waals surface area contributed by atoms with E-state index in [9.17, 15) is 14.4 Å². The number of nitrogens with one attached hydrogen (secondary N) is 2. The van der Waals surface area contributed by atoms with Gasteiger partial charge in [-0.15, -0.1) is 0 Å².